The summed E-state index contributed by atoms with van der Waals surface area (Å²) in [4.78, 5) is 0. The van der Waals surface area contributed by atoms with Crippen LogP contribution in [-0.2, 0) is 4.74 Å². The quantitative estimate of drug-likeness (QED) is 0.588. The van der Waals surface area contributed by atoms with Crippen molar-refractivity contribution in [1.82, 2.24) is 0 Å². The van der Waals surface area contributed by atoms with Gasteiger partial charge in [0.1, 0.15) is 0 Å². The van der Waals surface area contributed by atoms with E-state index in [1.54, 1.807) is 7.11 Å². The Bertz CT molecular complexity index is 617. The van der Waals surface area contributed by atoms with Crippen LogP contribution in [0.2, 0.25) is 0 Å². The fraction of sp³-hybridized carbons (Fsp3) is 0.158. The van der Waals surface area contributed by atoms with Gasteiger partial charge in [-0.2, -0.15) is 0 Å². The number of ether oxygens (including phenoxy) is 1. The zero-order valence-corrected chi connectivity index (χ0v) is 11.7. The van der Waals surface area contributed by atoms with Crippen molar-refractivity contribution < 1.29 is 4.74 Å². The number of benzene rings is 2. The van der Waals surface area contributed by atoms with Crippen molar-refractivity contribution in [3.05, 3.63) is 83.9 Å². The molecule has 2 aromatic carbocycles. The Labute approximate surface area is 120 Å². The van der Waals surface area contributed by atoms with Gasteiger partial charge in [0.05, 0.1) is 6.10 Å². The van der Waals surface area contributed by atoms with Crippen LogP contribution in [-0.4, -0.2) is 7.11 Å². The minimum atomic E-state index is 0.00812. The third kappa shape index (κ3) is 3.60. The van der Waals surface area contributed by atoms with Gasteiger partial charge in [0.2, 0.25) is 0 Å². The van der Waals surface area contributed by atoms with E-state index in [9.17, 15) is 0 Å². The molecule has 1 heteroatoms. The Morgan fingerprint density at radius 3 is 2.45 bits per heavy atom. The molecule has 100 valence electrons. The first-order valence-corrected chi connectivity index (χ1v) is 6.65. The van der Waals surface area contributed by atoms with Crippen LogP contribution in [0, 0.1) is 11.8 Å². The lowest BCUT2D eigenvalue weighted by Crippen LogP contribution is -2.02. The Balaban J connectivity index is 2.33. The molecule has 1 unspecified atom stereocenters. The van der Waals surface area contributed by atoms with Crippen LogP contribution >= 0.6 is 0 Å². The van der Waals surface area contributed by atoms with Gasteiger partial charge in [-0.15, -0.1) is 6.58 Å². The van der Waals surface area contributed by atoms with Crippen molar-refractivity contribution in [1.29, 1.82) is 0 Å². The molecule has 0 amide bonds. The van der Waals surface area contributed by atoms with Gasteiger partial charge in [-0.05, 0) is 30.2 Å². The summed E-state index contributed by atoms with van der Waals surface area (Å²) in [5.74, 6) is 6.43. The molecule has 0 heterocycles. The number of rotatable bonds is 4. The zero-order chi connectivity index (χ0) is 14.2. The maximum Gasteiger partial charge on any atom is 0.0867 e. The van der Waals surface area contributed by atoms with Gasteiger partial charge in [0.15, 0.2) is 0 Å². The summed E-state index contributed by atoms with van der Waals surface area (Å²) in [6, 6.07) is 18.1. The minimum absolute atomic E-state index is 0.00812. The first-order valence-electron chi connectivity index (χ1n) is 6.65. The second-order valence-corrected chi connectivity index (χ2v) is 4.45. The lowest BCUT2D eigenvalue weighted by molar-refractivity contribution is 0.106. The topological polar surface area (TPSA) is 9.23 Å². The molecule has 0 aromatic heterocycles. The molecule has 2 rings (SSSR count). The van der Waals surface area contributed by atoms with E-state index in [1.807, 2.05) is 54.6 Å². The van der Waals surface area contributed by atoms with Crippen LogP contribution in [0.1, 0.15) is 29.2 Å². The van der Waals surface area contributed by atoms with Gasteiger partial charge in [0, 0.05) is 18.2 Å². The zero-order valence-electron chi connectivity index (χ0n) is 11.7. The summed E-state index contributed by atoms with van der Waals surface area (Å²) in [7, 11) is 1.72. The highest BCUT2D eigenvalue weighted by Gasteiger charge is 2.11. The van der Waals surface area contributed by atoms with E-state index in [1.165, 1.54) is 0 Å². The predicted molar refractivity (Wildman–Crippen MR) is 83.4 cm³/mol. The molecule has 0 spiro atoms. The molecule has 0 saturated heterocycles. The lowest BCUT2D eigenvalue weighted by Gasteiger charge is -2.15. The summed E-state index contributed by atoms with van der Waals surface area (Å²) in [6.07, 6.45) is 2.66. The molecule has 0 aliphatic carbocycles. The van der Waals surface area contributed by atoms with Crippen LogP contribution in [0.25, 0.3) is 0 Å². The van der Waals surface area contributed by atoms with Gasteiger partial charge in [0.25, 0.3) is 0 Å². The lowest BCUT2D eigenvalue weighted by atomic mass is 10.00. The molecule has 0 bridgehead atoms. The average Bonchev–Trinajstić information content (AvgIpc) is 2.52. The van der Waals surface area contributed by atoms with E-state index in [-0.39, 0.29) is 6.10 Å². The van der Waals surface area contributed by atoms with Crippen LogP contribution in [0.4, 0.5) is 0 Å². The third-order valence-electron chi connectivity index (χ3n) is 3.09. The molecule has 2 aromatic rings. The smallest absolute Gasteiger partial charge is 0.0867 e. The van der Waals surface area contributed by atoms with E-state index < -0.39 is 0 Å². The molecule has 1 nitrogen and oxygen atoms in total. The summed E-state index contributed by atoms with van der Waals surface area (Å²) in [5.41, 5.74) is 3.13. The monoisotopic (exact) mass is 262 g/mol. The molecule has 0 aliphatic rings. The highest BCUT2D eigenvalue weighted by Crippen LogP contribution is 2.23. The molecular formula is C19H18O. The summed E-state index contributed by atoms with van der Waals surface area (Å²) >= 11 is 0. The van der Waals surface area contributed by atoms with E-state index in [4.69, 9.17) is 4.74 Å². The van der Waals surface area contributed by atoms with Crippen molar-refractivity contribution in [2.24, 2.45) is 0 Å². The molecule has 0 radical (unpaired) electrons. The second kappa shape index (κ2) is 7.33. The average molecular weight is 262 g/mol. The van der Waals surface area contributed by atoms with Crippen molar-refractivity contribution >= 4 is 0 Å². The van der Waals surface area contributed by atoms with E-state index in [0.29, 0.717) is 0 Å². The Morgan fingerprint density at radius 1 is 1.05 bits per heavy atom. The van der Waals surface area contributed by atoms with Gasteiger partial charge in [-0.25, -0.2) is 0 Å². The molecule has 0 saturated carbocycles. The van der Waals surface area contributed by atoms with Crippen molar-refractivity contribution in [2.45, 2.75) is 12.5 Å². The molecule has 20 heavy (non-hydrogen) atoms. The Morgan fingerprint density at radius 2 is 1.75 bits per heavy atom. The SMILES string of the molecule is C=CCC(OC)c1ccccc1C#Cc1ccccc1. The third-order valence-corrected chi connectivity index (χ3v) is 3.09. The highest BCUT2D eigenvalue weighted by atomic mass is 16.5. The predicted octanol–water partition coefficient (Wildman–Crippen LogP) is 4.35. The first kappa shape index (κ1) is 14.1. The van der Waals surface area contributed by atoms with Gasteiger partial charge in [-0.1, -0.05) is 54.3 Å². The maximum absolute atomic E-state index is 5.53. The number of hydrogen-bond donors (Lipinski definition) is 0. The largest absolute Gasteiger partial charge is 0.376 e. The van der Waals surface area contributed by atoms with E-state index in [0.717, 1.165) is 23.1 Å². The number of hydrogen-bond acceptors (Lipinski definition) is 1. The van der Waals surface area contributed by atoms with E-state index in [2.05, 4.69) is 24.5 Å². The van der Waals surface area contributed by atoms with Crippen LogP contribution in [0.5, 0.6) is 0 Å². The van der Waals surface area contributed by atoms with Crippen LogP contribution < -0.4 is 0 Å². The summed E-state index contributed by atoms with van der Waals surface area (Å²) in [6.45, 7) is 3.78. The molecule has 0 aliphatic heterocycles. The minimum Gasteiger partial charge on any atom is -0.376 e. The molecule has 0 N–H and O–H groups in total. The van der Waals surface area contributed by atoms with Gasteiger partial charge >= 0.3 is 0 Å². The highest BCUT2D eigenvalue weighted by molar-refractivity contribution is 5.47. The van der Waals surface area contributed by atoms with Gasteiger partial charge in [-0.3, -0.25) is 0 Å². The van der Waals surface area contributed by atoms with Crippen molar-refractivity contribution in [3.63, 3.8) is 0 Å². The molecule has 0 fully saturated rings. The first-order chi connectivity index (χ1) is 9.85. The number of methoxy groups -OCH3 is 1. The summed E-state index contributed by atoms with van der Waals surface area (Å²) < 4.78 is 5.53. The standard InChI is InChI=1S/C19H18O/c1-3-9-19(20-2)18-13-8-7-12-17(18)15-14-16-10-5-4-6-11-16/h3-8,10-13,19H,1,9H2,2H3. The fourth-order valence-corrected chi connectivity index (χ4v) is 2.05. The van der Waals surface area contributed by atoms with Crippen LogP contribution in [0.15, 0.2) is 67.3 Å². The molecular weight excluding hydrogens is 244 g/mol. The normalized spacial score (nSPS) is 11.2. The van der Waals surface area contributed by atoms with Crippen molar-refractivity contribution in [3.8, 4) is 11.8 Å². The summed E-state index contributed by atoms with van der Waals surface area (Å²) in [5, 5.41) is 0. The van der Waals surface area contributed by atoms with Gasteiger partial charge < -0.3 is 4.74 Å². The Hall–Kier alpha value is -2.30. The van der Waals surface area contributed by atoms with E-state index >= 15 is 0 Å². The Kier molecular flexibility index (Phi) is 5.17. The fourth-order valence-electron chi connectivity index (χ4n) is 2.05. The second-order valence-electron chi connectivity index (χ2n) is 4.45. The maximum atomic E-state index is 5.53. The molecule has 1 atom stereocenters. The van der Waals surface area contributed by atoms with Crippen molar-refractivity contribution in [2.75, 3.05) is 7.11 Å². The van der Waals surface area contributed by atoms with Crippen LogP contribution in [0.3, 0.4) is 0 Å².